The van der Waals surface area contributed by atoms with Gasteiger partial charge in [-0.15, -0.1) is 0 Å². The second kappa shape index (κ2) is 5.92. The minimum absolute atomic E-state index is 0.0793. The summed E-state index contributed by atoms with van der Waals surface area (Å²) in [5.41, 5.74) is 7.72. The van der Waals surface area contributed by atoms with Crippen LogP contribution in [0.4, 0.5) is 11.4 Å². The second-order valence-electron chi connectivity index (χ2n) is 4.15. The first-order valence-corrected chi connectivity index (χ1v) is 5.96. The van der Waals surface area contributed by atoms with Crippen molar-refractivity contribution in [2.75, 3.05) is 18.2 Å². The Morgan fingerprint density at radius 2 is 2.10 bits per heavy atom. The SMILES string of the molecule is COc1ccc(NCc2ncc(C(=O)O)cc2N)cc1. The average Bonchev–Trinajstić information content (AvgIpc) is 2.46. The molecule has 0 aliphatic carbocycles. The normalized spacial score (nSPS) is 10.1. The minimum atomic E-state index is -1.04. The van der Waals surface area contributed by atoms with E-state index in [2.05, 4.69) is 10.3 Å². The lowest BCUT2D eigenvalue weighted by atomic mass is 10.2. The molecule has 0 saturated carbocycles. The molecule has 104 valence electrons. The zero-order chi connectivity index (χ0) is 14.5. The summed E-state index contributed by atoms with van der Waals surface area (Å²) in [4.78, 5) is 14.8. The molecule has 0 aliphatic rings. The summed E-state index contributed by atoms with van der Waals surface area (Å²) in [5.74, 6) is -0.266. The third kappa shape index (κ3) is 3.17. The first kappa shape index (κ1) is 13.7. The topological polar surface area (TPSA) is 97.5 Å². The van der Waals surface area contributed by atoms with Crippen LogP contribution in [0, 0.1) is 0 Å². The monoisotopic (exact) mass is 273 g/mol. The van der Waals surface area contributed by atoms with Crippen molar-refractivity contribution in [2.24, 2.45) is 0 Å². The van der Waals surface area contributed by atoms with E-state index in [9.17, 15) is 4.79 Å². The maximum Gasteiger partial charge on any atom is 0.337 e. The Balaban J connectivity index is 2.04. The number of nitrogen functional groups attached to an aromatic ring is 1. The number of nitrogens with zero attached hydrogens (tertiary/aromatic N) is 1. The number of benzene rings is 1. The zero-order valence-electron chi connectivity index (χ0n) is 11.0. The number of pyridine rings is 1. The van der Waals surface area contributed by atoms with Crippen LogP contribution in [-0.4, -0.2) is 23.2 Å². The maximum absolute atomic E-state index is 10.8. The largest absolute Gasteiger partial charge is 0.497 e. The van der Waals surface area contributed by atoms with Gasteiger partial charge in [0.25, 0.3) is 0 Å². The number of carboxylic acid groups (broad SMARTS) is 1. The second-order valence-corrected chi connectivity index (χ2v) is 4.15. The van der Waals surface area contributed by atoms with Crippen LogP contribution in [-0.2, 0) is 6.54 Å². The number of carboxylic acids is 1. The predicted octanol–water partition coefficient (Wildman–Crippen LogP) is 1.98. The number of rotatable bonds is 5. The van der Waals surface area contributed by atoms with Gasteiger partial charge in [0.2, 0.25) is 0 Å². The van der Waals surface area contributed by atoms with Crippen LogP contribution in [0.1, 0.15) is 16.1 Å². The number of methoxy groups -OCH3 is 1. The van der Waals surface area contributed by atoms with E-state index in [4.69, 9.17) is 15.6 Å². The molecule has 6 nitrogen and oxygen atoms in total. The van der Waals surface area contributed by atoms with E-state index in [1.54, 1.807) is 7.11 Å². The van der Waals surface area contributed by atoms with Gasteiger partial charge in [0.1, 0.15) is 5.75 Å². The molecule has 6 heteroatoms. The third-order valence-electron chi connectivity index (χ3n) is 2.80. The number of hydrogen-bond donors (Lipinski definition) is 3. The molecule has 0 radical (unpaired) electrons. The summed E-state index contributed by atoms with van der Waals surface area (Å²) in [5, 5.41) is 12.0. The van der Waals surface area contributed by atoms with Gasteiger partial charge in [-0.2, -0.15) is 0 Å². The molecule has 0 spiro atoms. The van der Waals surface area contributed by atoms with Gasteiger partial charge in [0, 0.05) is 11.9 Å². The molecule has 20 heavy (non-hydrogen) atoms. The van der Waals surface area contributed by atoms with E-state index >= 15 is 0 Å². The van der Waals surface area contributed by atoms with Crippen molar-refractivity contribution < 1.29 is 14.6 Å². The Morgan fingerprint density at radius 1 is 1.40 bits per heavy atom. The van der Waals surface area contributed by atoms with E-state index in [-0.39, 0.29) is 5.56 Å². The standard InChI is InChI=1S/C14H15N3O3/c1-20-11-4-2-10(3-5-11)16-8-13-12(15)6-9(7-17-13)14(18)19/h2-7,16H,8,15H2,1H3,(H,18,19). The molecule has 1 heterocycles. The zero-order valence-corrected chi connectivity index (χ0v) is 11.0. The highest BCUT2D eigenvalue weighted by molar-refractivity contribution is 5.88. The van der Waals surface area contributed by atoms with Crippen molar-refractivity contribution in [3.05, 3.63) is 47.8 Å². The predicted molar refractivity (Wildman–Crippen MR) is 75.9 cm³/mol. The van der Waals surface area contributed by atoms with E-state index in [1.807, 2.05) is 24.3 Å². The molecule has 0 fully saturated rings. The molecule has 1 aromatic heterocycles. The first-order chi connectivity index (χ1) is 9.60. The summed E-state index contributed by atoms with van der Waals surface area (Å²) in [6, 6.07) is 8.83. The Morgan fingerprint density at radius 3 is 2.65 bits per heavy atom. The van der Waals surface area contributed by atoms with Crippen LogP contribution in [0.2, 0.25) is 0 Å². The van der Waals surface area contributed by atoms with E-state index in [1.165, 1.54) is 12.3 Å². The number of anilines is 2. The van der Waals surface area contributed by atoms with E-state index in [0.29, 0.717) is 17.9 Å². The van der Waals surface area contributed by atoms with Crippen molar-refractivity contribution in [1.29, 1.82) is 0 Å². The van der Waals surface area contributed by atoms with Crippen molar-refractivity contribution in [1.82, 2.24) is 4.98 Å². The molecular weight excluding hydrogens is 258 g/mol. The third-order valence-corrected chi connectivity index (χ3v) is 2.80. The number of carbonyl (C=O) groups is 1. The van der Waals surface area contributed by atoms with Crippen molar-refractivity contribution in [3.8, 4) is 5.75 Å². The lowest BCUT2D eigenvalue weighted by Crippen LogP contribution is -2.07. The van der Waals surface area contributed by atoms with Gasteiger partial charge in [-0.3, -0.25) is 4.98 Å². The number of ether oxygens (including phenoxy) is 1. The molecule has 1 aromatic carbocycles. The summed E-state index contributed by atoms with van der Waals surface area (Å²) in [7, 11) is 1.61. The smallest absolute Gasteiger partial charge is 0.337 e. The van der Waals surface area contributed by atoms with E-state index < -0.39 is 5.97 Å². The molecule has 2 rings (SSSR count). The molecule has 0 atom stereocenters. The lowest BCUT2D eigenvalue weighted by molar-refractivity contribution is 0.0696. The Labute approximate surface area is 116 Å². The van der Waals surface area contributed by atoms with Crippen LogP contribution in [0.25, 0.3) is 0 Å². The van der Waals surface area contributed by atoms with E-state index in [0.717, 1.165) is 11.4 Å². The summed E-state index contributed by atoms with van der Waals surface area (Å²) < 4.78 is 5.07. The van der Waals surface area contributed by atoms with Gasteiger partial charge in [-0.1, -0.05) is 0 Å². The molecule has 0 bridgehead atoms. The summed E-state index contributed by atoms with van der Waals surface area (Å²) in [6.07, 6.45) is 1.30. The number of nitrogens with two attached hydrogens (primary N) is 1. The quantitative estimate of drug-likeness (QED) is 0.770. The van der Waals surface area contributed by atoms with Crippen molar-refractivity contribution in [3.63, 3.8) is 0 Å². The number of hydrogen-bond acceptors (Lipinski definition) is 5. The Kier molecular flexibility index (Phi) is 4.05. The van der Waals surface area contributed by atoms with Gasteiger partial charge >= 0.3 is 5.97 Å². The van der Waals surface area contributed by atoms with Gasteiger partial charge in [-0.05, 0) is 30.3 Å². The minimum Gasteiger partial charge on any atom is -0.497 e. The molecule has 2 aromatic rings. The number of aromatic nitrogens is 1. The van der Waals surface area contributed by atoms with Crippen LogP contribution in [0.5, 0.6) is 5.75 Å². The van der Waals surface area contributed by atoms with Crippen LogP contribution < -0.4 is 15.8 Å². The fourth-order valence-electron chi connectivity index (χ4n) is 1.67. The summed E-state index contributed by atoms with van der Waals surface area (Å²) >= 11 is 0. The highest BCUT2D eigenvalue weighted by atomic mass is 16.5. The Bertz CT molecular complexity index is 612. The molecule has 0 aliphatic heterocycles. The van der Waals surface area contributed by atoms with Crippen molar-refractivity contribution >= 4 is 17.3 Å². The fraction of sp³-hybridized carbons (Fsp3) is 0.143. The number of aromatic carboxylic acids is 1. The van der Waals surface area contributed by atoms with Gasteiger partial charge < -0.3 is 20.9 Å². The highest BCUT2D eigenvalue weighted by Gasteiger charge is 2.07. The van der Waals surface area contributed by atoms with Crippen molar-refractivity contribution in [2.45, 2.75) is 6.54 Å². The highest BCUT2D eigenvalue weighted by Crippen LogP contribution is 2.17. The molecule has 0 amide bonds. The van der Waals surface area contributed by atoms with Crippen LogP contribution in [0.3, 0.4) is 0 Å². The van der Waals surface area contributed by atoms with Gasteiger partial charge in [0.15, 0.2) is 0 Å². The molecule has 4 N–H and O–H groups in total. The molecule has 0 unspecified atom stereocenters. The summed E-state index contributed by atoms with van der Waals surface area (Å²) in [6.45, 7) is 0.415. The average molecular weight is 273 g/mol. The van der Waals surface area contributed by atoms with Crippen LogP contribution in [0.15, 0.2) is 36.5 Å². The molecule has 0 saturated heterocycles. The van der Waals surface area contributed by atoms with Gasteiger partial charge in [0.05, 0.1) is 30.6 Å². The van der Waals surface area contributed by atoms with Gasteiger partial charge in [-0.25, -0.2) is 4.79 Å². The maximum atomic E-state index is 10.8. The number of nitrogens with one attached hydrogen (secondary N) is 1. The Hall–Kier alpha value is -2.76. The fourth-order valence-corrected chi connectivity index (χ4v) is 1.67. The first-order valence-electron chi connectivity index (χ1n) is 5.96. The molecular formula is C14H15N3O3. The lowest BCUT2D eigenvalue weighted by Gasteiger charge is -2.09. The van der Waals surface area contributed by atoms with Crippen LogP contribution >= 0.6 is 0 Å².